The zero-order chi connectivity index (χ0) is 16.2. The molecule has 2 rings (SSSR count). The van der Waals surface area contributed by atoms with Gasteiger partial charge in [0.15, 0.2) is 6.29 Å². The number of hydrogen-bond acceptors (Lipinski definition) is 2. The predicted octanol–water partition coefficient (Wildman–Crippen LogP) is 4.99. The lowest BCUT2D eigenvalue weighted by molar-refractivity contribution is -0.285. The molecule has 0 N–H and O–H groups in total. The molecule has 1 aliphatic heterocycles. The Bertz CT molecular complexity index is 460. The molecule has 22 heavy (non-hydrogen) atoms. The molecule has 0 spiro atoms. The highest BCUT2D eigenvalue weighted by atomic mass is 16.7. The number of rotatable bonds is 5. The highest BCUT2D eigenvalue weighted by Gasteiger charge is 2.38. The summed E-state index contributed by atoms with van der Waals surface area (Å²) in [6, 6.07) is 10.6. The van der Waals surface area contributed by atoms with Crippen molar-refractivity contribution in [2.24, 2.45) is 11.3 Å². The monoisotopic (exact) mass is 302 g/mol. The third kappa shape index (κ3) is 4.69. The van der Waals surface area contributed by atoms with Gasteiger partial charge >= 0.3 is 0 Å². The molecule has 2 heteroatoms. The minimum atomic E-state index is -0.144. The molecule has 0 unspecified atom stereocenters. The Labute approximate surface area is 135 Å². The van der Waals surface area contributed by atoms with Crippen LogP contribution in [-0.4, -0.2) is 18.5 Å². The Kier molecular flexibility index (Phi) is 5.82. The van der Waals surface area contributed by atoms with E-state index in [1.54, 1.807) is 0 Å². The third-order valence-corrected chi connectivity index (χ3v) is 4.37. The van der Waals surface area contributed by atoms with Crippen LogP contribution in [0.5, 0.6) is 0 Å². The second-order valence-electron chi connectivity index (χ2n) is 7.49. The molecule has 0 aliphatic carbocycles. The SMILES string of the molecule is C=C[C@@H](C)[C@@H]1C[C@@H](CCc2ccccc2)O[C@@H](C(C)(C)C)O1. The van der Waals surface area contributed by atoms with Gasteiger partial charge in [-0.1, -0.05) is 64.1 Å². The number of aryl methyl sites for hydroxylation is 1. The van der Waals surface area contributed by atoms with E-state index in [-0.39, 0.29) is 23.9 Å². The quantitative estimate of drug-likeness (QED) is 0.714. The summed E-state index contributed by atoms with van der Waals surface area (Å²) in [4.78, 5) is 0. The molecule has 1 heterocycles. The Morgan fingerprint density at radius 2 is 1.91 bits per heavy atom. The molecule has 0 bridgehead atoms. The van der Waals surface area contributed by atoms with Crippen molar-refractivity contribution in [2.45, 2.75) is 65.5 Å². The van der Waals surface area contributed by atoms with Gasteiger partial charge in [0, 0.05) is 17.8 Å². The standard InChI is InChI=1S/C20H30O2/c1-6-15(2)18-14-17(21-19(22-18)20(3,4)5)13-12-16-10-8-7-9-11-16/h6-11,15,17-19H,1,12-14H2,2-5H3/t15-,17-,18+,19-/m1/s1. The first-order valence-corrected chi connectivity index (χ1v) is 8.37. The molecule has 0 amide bonds. The van der Waals surface area contributed by atoms with Crippen molar-refractivity contribution < 1.29 is 9.47 Å². The van der Waals surface area contributed by atoms with Crippen LogP contribution < -0.4 is 0 Å². The highest BCUT2D eigenvalue weighted by molar-refractivity contribution is 5.14. The van der Waals surface area contributed by atoms with Crippen LogP contribution in [-0.2, 0) is 15.9 Å². The van der Waals surface area contributed by atoms with Crippen LogP contribution >= 0.6 is 0 Å². The Morgan fingerprint density at radius 3 is 2.50 bits per heavy atom. The lowest BCUT2D eigenvalue weighted by Gasteiger charge is -2.43. The highest BCUT2D eigenvalue weighted by Crippen LogP contribution is 2.34. The second kappa shape index (κ2) is 7.43. The van der Waals surface area contributed by atoms with E-state index in [0.29, 0.717) is 5.92 Å². The molecule has 1 saturated heterocycles. The average Bonchev–Trinajstić information content (AvgIpc) is 2.52. The van der Waals surface area contributed by atoms with Gasteiger partial charge in [-0.2, -0.15) is 0 Å². The fraction of sp³-hybridized carbons (Fsp3) is 0.600. The van der Waals surface area contributed by atoms with E-state index in [2.05, 4.69) is 64.6 Å². The minimum Gasteiger partial charge on any atom is -0.349 e. The van der Waals surface area contributed by atoms with Crippen LogP contribution in [0.4, 0.5) is 0 Å². The Morgan fingerprint density at radius 1 is 1.23 bits per heavy atom. The van der Waals surface area contributed by atoms with Gasteiger partial charge in [0.25, 0.3) is 0 Å². The van der Waals surface area contributed by atoms with Crippen LogP contribution in [0.3, 0.4) is 0 Å². The normalized spacial score (nSPS) is 27.4. The van der Waals surface area contributed by atoms with Crippen LogP contribution in [0.2, 0.25) is 0 Å². The van der Waals surface area contributed by atoms with Gasteiger partial charge in [-0.15, -0.1) is 6.58 Å². The van der Waals surface area contributed by atoms with E-state index in [9.17, 15) is 0 Å². The zero-order valence-corrected chi connectivity index (χ0v) is 14.4. The molecule has 1 fully saturated rings. The van der Waals surface area contributed by atoms with Crippen LogP contribution in [0.1, 0.15) is 46.1 Å². The van der Waals surface area contributed by atoms with E-state index >= 15 is 0 Å². The van der Waals surface area contributed by atoms with Gasteiger partial charge < -0.3 is 9.47 Å². The average molecular weight is 302 g/mol. The van der Waals surface area contributed by atoms with Crippen molar-refractivity contribution in [1.82, 2.24) is 0 Å². The molecule has 2 nitrogen and oxygen atoms in total. The molecule has 1 aromatic carbocycles. The van der Waals surface area contributed by atoms with Gasteiger partial charge in [0.2, 0.25) is 0 Å². The summed E-state index contributed by atoms with van der Waals surface area (Å²) >= 11 is 0. The first-order chi connectivity index (χ1) is 10.4. The Hall–Kier alpha value is -1.12. The fourth-order valence-electron chi connectivity index (χ4n) is 2.79. The molecule has 1 aromatic rings. The van der Waals surface area contributed by atoms with Gasteiger partial charge in [-0.25, -0.2) is 0 Å². The molecule has 4 atom stereocenters. The van der Waals surface area contributed by atoms with Crippen LogP contribution in [0.15, 0.2) is 43.0 Å². The number of ether oxygens (including phenoxy) is 2. The second-order valence-corrected chi connectivity index (χ2v) is 7.49. The minimum absolute atomic E-state index is 0.00937. The number of benzene rings is 1. The topological polar surface area (TPSA) is 18.5 Å². The van der Waals surface area contributed by atoms with E-state index in [4.69, 9.17) is 9.47 Å². The predicted molar refractivity (Wildman–Crippen MR) is 91.7 cm³/mol. The van der Waals surface area contributed by atoms with Crippen molar-refractivity contribution >= 4 is 0 Å². The summed E-state index contributed by atoms with van der Waals surface area (Å²) in [5.41, 5.74) is 1.36. The van der Waals surface area contributed by atoms with E-state index in [1.165, 1.54) is 5.56 Å². The fourth-order valence-corrected chi connectivity index (χ4v) is 2.79. The summed E-state index contributed by atoms with van der Waals surface area (Å²) in [7, 11) is 0. The van der Waals surface area contributed by atoms with Gasteiger partial charge in [-0.3, -0.25) is 0 Å². The Balaban J connectivity index is 2.00. The largest absolute Gasteiger partial charge is 0.349 e. The lowest BCUT2D eigenvalue weighted by Crippen LogP contribution is -2.46. The van der Waals surface area contributed by atoms with Crippen molar-refractivity contribution in [1.29, 1.82) is 0 Å². The maximum Gasteiger partial charge on any atom is 0.163 e. The summed E-state index contributed by atoms with van der Waals surface area (Å²) < 4.78 is 12.4. The van der Waals surface area contributed by atoms with E-state index in [1.807, 2.05) is 6.08 Å². The lowest BCUT2D eigenvalue weighted by atomic mass is 9.90. The first-order valence-electron chi connectivity index (χ1n) is 8.37. The molecule has 1 aliphatic rings. The number of hydrogen-bond donors (Lipinski definition) is 0. The van der Waals surface area contributed by atoms with Crippen molar-refractivity contribution in [3.63, 3.8) is 0 Å². The van der Waals surface area contributed by atoms with Gasteiger partial charge in [-0.05, 0) is 18.4 Å². The zero-order valence-electron chi connectivity index (χ0n) is 14.4. The summed E-state index contributed by atoms with van der Waals surface area (Å²) in [6.45, 7) is 12.6. The summed E-state index contributed by atoms with van der Waals surface area (Å²) in [6.07, 6.45) is 5.35. The van der Waals surface area contributed by atoms with E-state index in [0.717, 1.165) is 19.3 Å². The smallest absolute Gasteiger partial charge is 0.163 e. The molecular weight excluding hydrogens is 272 g/mol. The summed E-state index contributed by atoms with van der Waals surface area (Å²) in [5.74, 6) is 0.355. The molecule has 122 valence electrons. The maximum absolute atomic E-state index is 6.24. The van der Waals surface area contributed by atoms with Gasteiger partial charge in [0.05, 0.1) is 12.2 Å². The molecular formula is C20H30O2. The molecule has 0 aromatic heterocycles. The van der Waals surface area contributed by atoms with Crippen LogP contribution in [0.25, 0.3) is 0 Å². The van der Waals surface area contributed by atoms with Crippen molar-refractivity contribution in [2.75, 3.05) is 0 Å². The maximum atomic E-state index is 6.24. The molecule has 0 saturated carbocycles. The summed E-state index contributed by atoms with van der Waals surface area (Å²) in [5, 5.41) is 0. The van der Waals surface area contributed by atoms with Gasteiger partial charge in [0.1, 0.15) is 0 Å². The van der Waals surface area contributed by atoms with Crippen molar-refractivity contribution in [3.05, 3.63) is 48.6 Å². The van der Waals surface area contributed by atoms with Crippen molar-refractivity contribution in [3.8, 4) is 0 Å². The third-order valence-electron chi connectivity index (χ3n) is 4.37. The van der Waals surface area contributed by atoms with Crippen LogP contribution in [0, 0.1) is 11.3 Å². The first kappa shape index (κ1) is 17.2. The molecule has 0 radical (unpaired) electrons. The van der Waals surface area contributed by atoms with E-state index < -0.39 is 0 Å².